The molecule has 16 heavy (non-hydrogen) atoms. The number of aromatic nitrogens is 2. The zero-order valence-corrected chi connectivity index (χ0v) is 9.77. The fourth-order valence-corrected chi connectivity index (χ4v) is 1.22. The fourth-order valence-electron chi connectivity index (χ4n) is 1.22. The Balaban J connectivity index is 2.03. The smallest absolute Gasteiger partial charge is 0.227 e. The second-order valence-corrected chi connectivity index (χ2v) is 3.50. The van der Waals surface area contributed by atoms with Crippen LogP contribution in [0.25, 0.3) is 0 Å². The number of hydrogen-bond acceptors (Lipinski definition) is 6. The molecule has 1 aromatic rings. The summed E-state index contributed by atoms with van der Waals surface area (Å²) < 4.78 is 10.0. The molecular formula is C10H19N3O3. The molecule has 1 unspecified atom stereocenters. The van der Waals surface area contributed by atoms with Gasteiger partial charge in [0.05, 0.1) is 12.7 Å². The van der Waals surface area contributed by atoms with Gasteiger partial charge < -0.3 is 19.7 Å². The molecule has 6 nitrogen and oxygen atoms in total. The number of aliphatic hydroxyl groups is 1. The van der Waals surface area contributed by atoms with Crippen LogP contribution in [0.1, 0.15) is 18.6 Å². The lowest BCUT2D eigenvalue weighted by Gasteiger charge is -2.10. The Morgan fingerprint density at radius 1 is 1.56 bits per heavy atom. The highest BCUT2D eigenvalue weighted by atomic mass is 16.5. The van der Waals surface area contributed by atoms with E-state index in [9.17, 15) is 5.11 Å². The Morgan fingerprint density at radius 2 is 2.38 bits per heavy atom. The van der Waals surface area contributed by atoms with Crippen molar-refractivity contribution >= 4 is 0 Å². The Bertz CT molecular complexity index is 291. The number of nitrogens with zero attached hydrogens (tertiary/aromatic N) is 2. The maximum atomic E-state index is 9.44. The van der Waals surface area contributed by atoms with Gasteiger partial charge in [-0.3, -0.25) is 0 Å². The molecule has 1 rings (SSSR count). The number of rotatable bonds is 8. The first-order chi connectivity index (χ1) is 7.72. The van der Waals surface area contributed by atoms with Crippen LogP contribution in [-0.4, -0.2) is 47.7 Å². The van der Waals surface area contributed by atoms with E-state index < -0.39 is 6.10 Å². The van der Waals surface area contributed by atoms with E-state index in [4.69, 9.17) is 9.26 Å². The van der Waals surface area contributed by atoms with Gasteiger partial charge in [0, 0.05) is 26.1 Å². The maximum absolute atomic E-state index is 9.44. The topological polar surface area (TPSA) is 80.4 Å². The summed E-state index contributed by atoms with van der Waals surface area (Å²) in [5.74, 6) is 1.26. The summed E-state index contributed by atoms with van der Waals surface area (Å²) >= 11 is 0. The number of aliphatic hydroxyl groups excluding tert-OH is 1. The first-order valence-corrected chi connectivity index (χ1v) is 5.48. The molecule has 92 valence electrons. The molecule has 0 aliphatic heterocycles. The lowest BCUT2D eigenvalue weighted by Crippen LogP contribution is -2.31. The van der Waals surface area contributed by atoms with Gasteiger partial charge in [0.2, 0.25) is 5.89 Å². The summed E-state index contributed by atoms with van der Waals surface area (Å²) in [6.07, 6.45) is 0.201. The van der Waals surface area contributed by atoms with Crippen molar-refractivity contribution in [1.82, 2.24) is 15.5 Å². The Kier molecular flexibility index (Phi) is 5.99. The van der Waals surface area contributed by atoms with Gasteiger partial charge in [0.15, 0.2) is 5.82 Å². The SMILES string of the molecule is CCOCC(O)CNCCc1nc(C)no1. The number of hydrogen-bond donors (Lipinski definition) is 2. The van der Waals surface area contributed by atoms with Gasteiger partial charge in [-0.15, -0.1) is 0 Å². The molecule has 0 radical (unpaired) electrons. The van der Waals surface area contributed by atoms with Crippen LogP contribution in [0.2, 0.25) is 0 Å². The van der Waals surface area contributed by atoms with E-state index >= 15 is 0 Å². The van der Waals surface area contributed by atoms with Gasteiger partial charge in [-0.2, -0.15) is 4.98 Å². The molecular weight excluding hydrogens is 210 g/mol. The molecule has 1 heterocycles. The summed E-state index contributed by atoms with van der Waals surface area (Å²) in [5, 5.41) is 16.2. The minimum absolute atomic E-state index is 0.364. The van der Waals surface area contributed by atoms with Crippen molar-refractivity contribution in [3.8, 4) is 0 Å². The first kappa shape index (κ1) is 13.1. The molecule has 0 bridgehead atoms. The van der Waals surface area contributed by atoms with Gasteiger partial charge >= 0.3 is 0 Å². The summed E-state index contributed by atoms with van der Waals surface area (Å²) in [7, 11) is 0. The normalized spacial score (nSPS) is 12.9. The quantitative estimate of drug-likeness (QED) is 0.606. The monoisotopic (exact) mass is 229 g/mol. The van der Waals surface area contributed by atoms with Crippen LogP contribution in [0.5, 0.6) is 0 Å². The van der Waals surface area contributed by atoms with Crippen molar-refractivity contribution in [3.63, 3.8) is 0 Å². The van der Waals surface area contributed by atoms with Crippen LogP contribution in [-0.2, 0) is 11.2 Å². The van der Waals surface area contributed by atoms with Crippen molar-refractivity contribution in [2.24, 2.45) is 0 Å². The highest BCUT2D eigenvalue weighted by Gasteiger charge is 2.04. The van der Waals surface area contributed by atoms with E-state index in [1.165, 1.54) is 0 Å². The molecule has 0 amide bonds. The zero-order valence-electron chi connectivity index (χ0n) is 9.77. The second-order valence-electron chi connectivity index (χ2n) is 3.50. The van der Waals surface area contributed by atoms with E-state index in [0.717, 1.165) is 0 Å². The summed E-state index contributed by atoms with van der Waals surface area (Å²) in [5.41, 5.74) is 0. The predicted molar refractivity (Wildman–Crippen MR) is 58.1 cm³/mol. The third-order valence-corrected chi connectivity index (χ3v) is 1.98. The van der Waals surface area contributed by atoms with Crippen LogP contribution in [0, 0.1) is 6.92 Å². The Morgan fingerprint density at radius 3 is 3.00 bits per heavy atom. The molecule has 6 heteroatoms. The molecule has 1 atom stereocenters. The van der Waals surface area contributed by atoms with Gasteiger partial charge in [0.25, 0.3) is 0 Å². The van der Waals surface area contributed by atoms with Crippen molar-refractivity contribution in [2.75, 3.05) is 26.3 Å². The highest BCUT2D eigenvalue weighted by molar-refractivity contribution is 4.83. The number of aryl methyl sites for hydroxylation is 1. The third-order valence-electron chi connectivity index (χ3n) is 1.98. The average molecular weight is 229 g/mol. The van der Waals surface area contributed by atoms with Crippen molar-refractivity contribution < 1.29 is 14.4 Å². The zero-order chi connectivity index (χ0) is 11.8. The van der Waals surface area contributed by atoms with Crippen LogP contribution < -0.4 is 5.32 Å². The number of nitrogens with one attached hydrogen (secondary N) is 1. The van der Waals surface area contributed by atoms with Gasteiger partial charge in [0.1, 0.15) is 0 Å². The lowest BCUT2D eigenvalue weighted by atomic mass is 10.3. The summed E-state index contributed by atoms with van der Waals surface area (Å²) in [4.78, 5) is 4.07. The van der Waals surface area contributed by atoms with Gasteiger partial charge in [-0.1, -0.05) is 5.16 Å². The van der Waals surface area contributed by atoms with Crippen LogP contribution in [0.4, 0.5) is 0 Å². The van der Waals surface area contributed by atoms with E-state index in [0.29, 0.717) is 44.4 Å². The highest BCUT2D eigenvalue weighted by Crippen LogP contribution is 1.95. The minimum atomic E-state index is -0.468. The van der Waals surface area contributed by atoms with Crippen molar-refractivity contribution in [1.29, 1.82) is 0 Å². The minimum Gasteiger partial charge on any atom is -0.389 e. The molecule has 2 N–H and O–H groups in total. The second kappa shape index (κ2) is 7.32. The summed E-state index contributed by atoms with van der Waals surface area (Å²) in [6.45, 7) is 5.88. The molecule has 0 saturated carbocycles. The van der Waals surface area contributed by atoms with E-state index in [-0.39, 0.29) is 0 Å². The van der Waals surface area contributed by atoms with E-state index in [2.05, 4.69) is 15.5 Å². The third kappa shape index (κ3) is 5.20. The number of ether oxygens (including phenoxy) is 1. The molecule has 0 aliphatic carbocycles. The Hall–Kier alpha value is -0.980. The van der Waals surface area contributed by atoms with Gasteiger partial charge in [-0.25, -0.2) is 0 Å². The average Bonchev–Trinajstić information content (AvgIpc) is 2.67. The Labute approximate surface area is 95.0 Å². The van der Waals surface area contributed by atoms with E-state index in [1.54, 1.807) is 6.92 Å². The maximum Gasteiger partial charge on any atom is 0.227 e. The summed E-state index contributed by atoms with van der Waals surface area (Å²) in [6, 6.07) is 0. The predicted octanol–water partition coefficient (Wildman–Crippen LogP) is -0.0925. The van der Waals surface area contributed by atoms with E-state index in [1.807, 2.05) is 6.92 Å². The van der Waals surface area contributed by atoms with Crippen LogP contribution >= 0.6 is 0 Å². The molecule has 0 aromatic carbocycles. The fraction of sp³-hybridized carbons (Fsp3) is 0.800. The van der Waals surface area contributed by atoms with Crippen molar-refractivity contribution in [2.45, 2.75) is 26.4 Å². The first-order valence-electron chi connectivity index (χ1n) is 5.48. The van der Waals surface area contributed by atoms with Crippen LogP contribution in [0.3, 0.4) is 0 Å². The standard InChI is InChI=1S/C10H19N3O3/c1-3-15-7-9(14)6-11-5-4-10-12-8(2)13-16-10/h9,11,14H,3-7H2,1-2H3. The largest absolute Gasteiger partial charge is 0.389 e. The molecule has 0 spiro atoms. The molecule has 0 saturated heterocycles. The lowest BCUT2D eigenvalue weighted by molar-refractivity contribution is 0.0429. The molecule has 0 fully saturated rings. The molecule has 0 aliphatic rings. The van der Waals surface area contributed by atoms with Crippen molar-refractivity contribution in [3.05, 3.63) is 11.7 Å². The van der Waals surface area contributed by atoms with Crippen LogP contribution in [0.15, 0.2) is 4.52 Å². The molecule has 1 aromatic heterocycles. The van der Waals surface area contributed by atoms with Gasteiger partial charge in [-0.05, 0) is 13.8 Å².